The standard InChI is InChI=1S/C23H22ClN3O3S/c24-18-5-4-16(13-19(18)26-22(28)14-27-8-10-30-11-9-27)15-2-1-3-17(12-15)20-6-7-21(31-20)23(25)29/h1-7,12-13H,8-11,14H2,(H2,25,29)(H,26,28). The fraction of sp³-hybridized carbons (Fsp3) is 0.217. The molecule has 31 heavy (non-hydrogen) atoms. The van der Waals surface area contributed by atoms with Gasteiger partial charge in [-0.25, -0.2) is 0 Å². The number of carbonyl (C=O) groups is 2. The Bertz CT molecular complexity index is 1110. The second-order valence-corrected chi connectivity index (χ2v) is 8.73. The number of amides is 2. The summed E-state index contributed by atoms with van der Waals surface area (Å²) in [5, 5.41) is 3.41. The van der Waals surface area contributed by atoms with E-state index in [1.165, 1.54) is 11.3 Å². The summed E-state index contributed by atoms with van der Waals surface area (Å²) in [6.07, 6.45) is 0. The fourth-order valence-corrected chi connectivity index (χ4v) is 4.45. The van der Waals surface area contributed by atoms with Crippen LogP contribution in [0.5, 0.6) is 0 Å². The molecule has 0 radical (unpaired) electrons. The van der Waals surface area contributed by atoms with Crippen LogP contribution in [0.15, 0.2) is 54.6 Å². The van der Waals surface area contributed by atoms with Crippen molar-refractivity contribution in [3.05, 3.63) is 64.5 Å². The van der Waals surface area contributed by atoms with Crippen molar-refractivity contribution < 1.29 is 14.3 Å². The normalized spacial score (nSPS) is 14.4. The molecule has 0 unspecified atom stereocenters. The van der Waals surface area contributed by atoms with E-state index in [9.17, 15) is 9.59 Å². The summed E-state index contributed by atoms with van der Waals surface area (Å²) in [5.41, 5.74) is 8.85. The van der Waals surface area contributed by atoms with Crippen molar-refractivity contribution >= 4 is 40.4 Å². The summed E-state index contributed by atoms with van der Waals surface area (Å²) in [5.74, 6) is -0.533. The molecule has 1 aliphatic rings. The van der Waals surface area contributed by atoms with Gasteiger partial charge in [0.15, 0.2) is 0 Å². The maximum absolute atomic E-state index is 12.5. The van der Waals surface area contributed by atoms with Gasteiger partial charge in [0, 0.05) is 18.0 Å². The highest BCUT2D eigenvalue weighted by Crippen LogP contribution is 2.33. The van der Waals surface area contributed by atoms with E-state index in [0.29, 0.717) is 35.3 Å². The molecule has 1 aliphatic heterocycles. The van der Waals surface area contributed by atoms with Gasteiger partial charge in [0.05, 0.1) is 35.3 Å². The topological polar surface area (TPSA) is 84.7 Å². The van der Waals surface area contributed by atoms with E-state index >= 15 is 0 Å². The van der Waals surface area contributed by atoms with Gasteiger partial charge in [0.2, 0.25) is 5.91 Å². The van der Waals surface area contributed by atoms with E-state index < -0.39 is 5.91 Å². The van der Waals surface area contributed by atoms with Crippen LogP contribution in [0, 0.1) is 0 Å². The molecule has 4 rings (SSSR count). The van der Waals surface area contributed by atoms with Crippen molar-refractivity contribution in [2.75, 3.05) is 38.2 Å². The number of nitrogens with two attached hydrogens (primary N) is 1. The molecule has 1 aromatic heterocycles. The lowest BCUT2D eigenvalue weighted by Crippen LogP contribution is -2.41. The highest BCUT2D eigenvalue weighted by Gasteiger charge is 2.15. The molecule has 160 valence electrons. The lowest BCUT2D eigenvalue weighted by atomic mass is 10.0. The molecule has 0 spiro atoms. The molecule has 1 saturated heterocycles. The maximum atomic E-state index is 12.5. The molecule has 0 atom stereocenters. The van der Waals surface area contributed by atoms with Gasteiger partial charge in [-0.05, 0) is 47.0 Å². The third-order valence-corrected chi connectivity index (χ3v) is 6.52. The number of nitrogens with zero attached hydrogens (tertiary/aromatic N) is 1. The summed E-state index contributed by atoms with van der Waals surface area (Å²) in [7, 11) is 0. The van der Waals surface area contributed by atoms with Crippen LogP contribution in [0.1, 0.15) is 9.67 Å². The average molecular weight is 456 g/mol. The minimum Gasteiger partial charge on any atom is -0.379 e. The SMILES string of the molecule is NC(=O)c1ccc(-c2cccc(-c3ccc(Cl)c(NC(=O)CN4CCOCC4)c3)c2)s1. The molecular formula is C23H22ClN3O3S. The van der Waals surface area contributed by atoms with Crippen LogP contribution >= 0.6 is 22.9 Å². The predicted octanol–water partition coefficient (Wildman–Crippen LogP) is 4.11. The first-order valence-electron chi connectivity index (χ1n) is 9.89. The van der Waals surface area contributed by atoms with Crippen molar-refractivity contribution in [1.82, 2.24) is 4.90 Å². The number of thiophene rings is 1. The van der Waals surface area contributed by atoms with Crippen LogP contribution in [-0.4, -0.2) is 49.6 Å². The zero-order valence-corrected chi connectivity index (χ0v) is 18.3. The maximum Gasteiger partial charge on any atom is 0.258 e. The van der Waals surface area contributed by atoms with Gasteiger partial charge in [0.1, 0.15) is 0 Å². The number of halogens is 1. The summed E-state index contributed by atoms with van der Waals surface area (Å²) in [4.78, 5) is 27.4. The molecule has 3 aromatic rings. The largest absolute Gasteiger partial charge is 0.379 e. The molecule has 8 heteroatoms. The average Bonchev–Trinajstić information content (AvgIpc) is 3.27. The molecule has 0 aliphatic carbocycles. The van der Waals surface area contributed by atoms with E-state index in [1.807, 2.05) is 42.5 Å². The monoisotopic (exact) mass is 455 g/mol. The van der Waals surface area contributed by atoms with Gasteiger partial charge in [0.25, 0.3) is 5.91 Å². The van der Waals surface area contributed by atoms with Gasteiger partial charge in [-0.1, -0.05) is 35.9 Å². The van der Waals surface area contributed by atoms with E-state index in [0.717, 1.165) is 34.7 Å². The number of ether oxygens (including phenoxy) is 1. The molecule has 1 fully saturated rings. The number of hydrogen-bond donors (Lipinski definition) is 2. The Hall–Kier alpha value is -2.71. The Labute approximate surface area is 189 Å². The Morgan fingerprint density at radius 3 is 2.52 bits per heavy atom. The number of carbonyl (C=O) groups excluding carboxylic acids is 2. The van der Waals surface area contributed by atoms with Crippen molar-refractivity contribution in [3.8, 4) is 21.6 Å². The molecule has 0 bridgehead atoms. The molecule has 2 aromatic carbocycles. The van der Waals surface area contributed by atoms with Gasteiger partial charge < -0.3 is 15.8 Å². The number of benzene rings is 2. The third-order valence-electron chi connectivity index (χ3n) is 5.04. The Balaban J connectivity index is 1.53. The highest BCUT2D eigenvalue weighted by molar-refractivity contribution is 7.17. The molecule has 3 N–H and O–H groups in total. The number of morpholine rings is 1. The van der Waals surface area contributed by atoms with Gasteiger partial charge in [-0.2, -0.15) is 0 Å². The molecule has 2 amide bonds. The second kappa shape index (κ2) is 9.62. The second-order valence-electron chi connectivity index (χ2n) is 7.24. The van der Waals surface area contributed by atoms with Crippen molar-refractivity contribution in [2.24, 2.45) is 5.73 Å². The van der Waals surface area contributed by atoms with Crippen LogP contribution in [0.4, 0.5) is 5.69 Å². The minimum atomic E-state index is -0.428. The molecule has 0 saturated carbocycles. The first kappa shape index (κ1) is 21.5. The number of nitrogens with one attached hydrogen (secondary N) is 1. The Morgan fingerprint density at radius 1 is 1.03 bits per heavy atom. The van der Waals surface area contributed by atoms with E-state index in [2.05, 4.69) is 10.2 Å². The van der Waals surface area contributed by atoms with Crippen LogP contribution in [0.25, 0.3) is 21.6 Å². The van der Waals surface area contributed by atoms with Crippen molar-refractivity contribution in [2.45, 2.75) is 0 Å². The lowest BCUT2D eigenvalue weighted by molar-refractivity contribution is -0.118. The van der Waals surface area contributed by atoms with E-state index in [1.54, 1.807) is 12.1 Å². The zero-order chi connectivity index (χ0) is 21.8. The van der Waals surface area contributed by atoms with Gasteiger partial charge in [-0.3, -0.25) is 14.5 Å². The molecule has 2 heterocycles. The minimum absolute atomic E-state index is 0.104. The summed E-state index contributed by atoms with van der Waals surface area (Å²) < 4.78 is 5.32. The van der Waals surface area contributed by atoms with E-state index in [4.69, 9.17) is 22.1 Å². The number of primary amides is 1. The van der Waals surface area contributed by atoms with Crippen LogP contribution < -0.4 is 11.1 Å². The van der Waals surface area contributed by atoms with Crippen LogP contribution in [0.2, 0.25) is 5.02 Å². The van der Waals surface area contributed by atoms with Crippen molar-refractivity contribution in [1.29, 1.82) is 0 Å². The number of rotatable bonds is 6. The first-order chi connectivity index (χ1) is 15.0. The molecule has 6 nitrogen and oxygen atoms in total. The van der Waals surface area contributed by atoms with Gasteiger partial charge in [-0.15, -0.1) is 11.3 Å². The first-order valence-corrected chi connectivity index (χ1v) is 11.1. The summed E-state index contributed by atoms with van der Waals surface area (Å²) in [6, 6.07) is 17.2. The highest BCUT2D eigenvalue weighted by atomic mass is 35.5. The number of anilines is 1. The summed E-state index contributed by atoms with van der Waals surface area (Å²) >= 11 is 7.70. The third kappa shape index (κ3) is 5.32. The van der Waals surface area contributed by atoms with E-state index in [-0.39, 0.29) is 5.91 Å². The Morgan fingerprint density at radius 2 is 1.77 bits per heavy atom. The predicted molar refractivity (Wildman–Crippen MR) is 125 cm³/mol. The molecular weight excluding hydrogens is 434 g/mol. The lowest BCUT2D eigenvalue weighted by Gasteiger charge is -2.25. The quantitative estimate of drug-likeness (QED) is 0.586. The van der Waals surface area contributed by atoms with Gasteiger partial charge >= 0.3 is 0 Å². The van der Waals surface area contributed by atoms with Crippen LogP contribution in [0.3, 0.4) is 0 Å². The fourth-order valence-electron chi connectivity index (χ4n) is 3.43. The van der Waals surface area contributed by atoms with Crippen LogP contribution in [-0.2, 0) is 9.53 Å². The Kier molecular flexibility index (Phi) is 6.67. The summed E-state index contributed by atoms with van der Waals surface area (Å²) in [6.45, 7) is 3.08. The zero-order valence-electron chi connectivity index (χ0n) is 16.8. The number of hydrogen-bond acceptors (Lipinski definition) is 5. The smallest absolute Gasteiger partial charge is 0.258 e. The van der Waals surface area contributed by atoms with Crippen molar-refractivity contribution in [3.63, 3.8) is 0 Å².